The van der Waals surface area contributed by atoms with Gasteiger partial charge in [-0.25, -0.2) is 4.79 Å². The lowest BCUT2D eigenvalue weighted by Crippen LogP contribution is -2.04. The lowest BCUT2D eigenvalue weighted by atomic mass is 10.1. The van der Waals surface area contributed by atoms with E-state index in [1.807, 2.05) is 24.3 Å². The molecular formula is C14H16O3S. The van der Waals surface area contributed by atoms with Gasteiger partial charge in [0.15, 0.2) is 5.12 Å². The van der Waals surface area contributed by atoms with Crippen LogP contribution in [-0.2, 0) is 9.53 Å². The van der Waals surface area contributed by atoms with E-state index >= 15 is 0 Å². The fraction of sp³-hybridized carbons (Fsp3) is 0.286. The Labute approximate surface area is 111 Å². The van der Waals surface area contributed by atoms with Crippen molar-refractivity contribution in [3.05, 3.63) is 41.5 Å². The molecule has 0 aliphatic heterocycles. The number of ether oxygens (including phenoxy) is 1. The van der Waals surface area contributed by atoms with Crippen LogP contribution in [0.4, 0.5) is 0 Å². The highest BCUT2D eigenvalue weighted by Crippen LogP contribution is 2.10. The average Bonchev–Trinajstić information content (AvgIpc) is 2.35. The van der Waals surface area contributed by atoms with Crippen molar-refractivity contribution in [2.24, 2.45) is 0 Å². The molecule has 0 bridgehead atoms. The predicted molar refractivity (Wildman–Crippen MR) is 74.6 cm³/mol. The standard InChI is InChI=1S/C14H16O3S/c1-3-17-14(16)13-8-4-6-12(10-13)7-5-9-18-11(2)15/h4-8,10H,3,9H2,1-2H3. The van der Waals surface area contributed by atoms with Gasteiger partial charge >= 0.3 is 5.97 Å². The largest absolute Gasteiger partial charge is 0.462 e. The molecule has 0 atom stereocenters. The third-order valence-electron chi connectivity index (χ3n) is 2.09. The van der Waals surface area contributed by atoms with Crippen LogP contribution in [-0.4, -0.2) is 23.4 Å². The van der Waals surface area contributed by atoms with Crippen LogP contribution in [0.1, 0.15) is 29.8 Å². The van der Waals surface area contributed by atoms with Crippen molar-refractivity contribution in [1.82, 2.24) is 0 Å². The fourth-order valence-electron chi connectivity index (χ4n) is 1.33. The van der Waals surface area contributed by atoms with E-state index in [1.54, 1.807) is 26.0 Å². The van der Waals surface area contributed by atoms with Gasteiger partial charge in [0.05, 0.1) is 12.2 Å². The summed E-state index contributed by atoms with van der Waals surface area (Å²) in [6, 6.07) is 7.20. The van der Waals surface area contributed by atoms with Crippen molar-refractivity contribution >= 4 is 28.9 Å². The first-order chi connectivity index (χ1) is 8.63. The molecule has 0 heterocycles. The maximum absolute atomic E-state index is 11.5. The zero-order valence-corrected chi connectivity index (χ0v) is 11.3. The second-order valence-corrected chi connectivity index (χ2v) is 4.75. The molecule has 96 valence electrons. The Bertz CT molecular complexity index is 452. The van der Waals surface area contributed by atoms with Crippen LogP contribution in [0.5, 0.6) is 0 Å². The molecule has 0 saturated carbocycles. The molecule has 0 aliphatic carbocycles. The summed E-state index contributed by atoms with van der Waals surface area (Å²) in [4.78, 5) is 22.3. The second kappa shape index (κ2) is 7.71. The summed E-state index contributed by atoms with van der Waals surface area (Å²) in [5, 5.41) is 0.0972. The van der Waals surface area contributed by atoms with E-state index < -0.39 is 0 Å². The molecule has 0 amide bonds. The lowest BCUT2D eigenvalue weighted by molar-refractivity contribution is -0.109. The van der Waals surface area contributed by atoms with Gasteiger partial charge in [-0.15, -0.1) is 0 Å². The summed E-state index contributed by atoms with van der Waals surface area (Å²) >= 11 is 1.25. The molecule has 0 aromatic heterocycles. The van der Waals surface area contributed by atoms with Crippen molar-refractivity contribution in [3.8, 4) is 0 Å². The summed E-state index contributed by atoms with van der Waals surface area (Å²) in [6.45, 7) is 3.69. The molecule has 0 unspecified atom stereocenters. The van der Waals surface area contributed by atoms with E-state index in [9.17, 15) is 9.59 Å². The Hall–Kier alpha value is -1.55. The van der Waals surface area contributed by atoms with Crippen LogP contribution in [0.15, 0.2) is 30.3 Å². The van der Waals surface area contributed by atoms with E-state index in [0.29, 0.717) is 17.9 Å². The lowest BCUT2D eigenvalue weighted by Gasteiger charge is -2.02. The molecular weight excluding hydrogens is 248 g/mol. The van der Waals surface area contributed by atoms with Crippen molar-refractivity contribution in [3.63, 3.8) is 0 Å². The zero-order valence-electron chi connectivity index (χ0n) is 10.5. The molecule has 18 heavy (non-hydrogen) atoms. The molecule has 1 aromatic rings. The highest BCUT2D eigenvalue weighted by molar-refractivity contribution is 8.13. The van der Waals surface area contributed by atoms with Gasteiger partial charge in [-0.2, -0.15) is 0 Å². The molecule has 0 saturated heterocycles. The summed E-state index contributed by atoms with van der Waals surface area (Å²) in [5.41, 5.74) is 1.46. The summed E-state index contributed by atoms with van der Waals surface area (Å²) < 4.78 is 4.93. The van der Waals surface area contributed by atoms with Crippen molar-refractivity contribution in [1.29, 1.82) is 0 Å². The van der Waals surface area contributed by atoms with Crippen LogP contribution in [0, 0.1) is 0 Å². The van der Waals surface area contributed by atoms with E-state index in [0.717, 1.165) is 5.56 Å². The van der Waals surface area contributed by atoms with Gasteiger partial charge in [0, 0.05) is 12.7 Å². The predicted octanol–water partition coefficient (Wildman–Crippen LogP) is 3.16. The van der Waals surface area contributed by atoms with Crippen LogP contribution in [0.3, 0.4) is 0 Å². The van der Waals surface area contributed by atoms with Gasteiger partial charge in [-0.3, -0.25) is 4.79 Å². The average molecular weight is 264 g/mol. The quantitative estimate of drug-likeness (QED) is 0.766. The highest BCUT2D eigenvalue weighted by Gasteiger charge is 2.05. The number of benzene rings is 1. The zero-order chi connectivity index (χ0) is 13.4. The van der Waals surface area contributed by atoms with E-state index in [2.05, 4.69) is 0 Å². The molecule has 0 N–H and O–H groups in total. The number of thioether (sulfide) groups is 1. The van der Waals surface area contributed by atoms with Crippen LogP contribution in [0.25, 0.3) is 6.08 Å². The summed E-state index contributed by atoms with van der Waals surface area (Å²) in [7, 11) is 0. The van der Waals surface area contributed by atoms with Crippen LogP contribution in [0.2, 0.25) is 0 Å². The van der Waals surface area contributed by atoms with E-state index in [4.69, 9.17) is 4.74 Å². The Kier molecular flexibility index (Phi) is 6.22. The van der Waals surface area contributed by atoms with Crippen molar-refractivity contribution in [2.45, 2.75) is 13.8 Å². The van der Waals surface area contributed by atoms with Crippen molar-refractivity contribution in [2.75, 3.05) is 12.4 Å². The topological polar surface area (TPSA) is 43.4 Å². The van der Waals surface area contributed by atoms with Gasteiger partial charge in [-0.05, 0) is 24.6 Å². The third-order valence-corrected chi connectivity index (χ3v) is 2.86. The second-order valence-electron chi connectivity index (χ2n) is 3.55. The number of carbonyl (C=O) groups is 2. The minimum Gasteiger partial charge on any atom is -0.462 e. The molecule has 3 nitrogen and oxygen atoms in total. The van der Waals surface area contributed by atoms with Crippen LogP contribution < -0.4 is 0 Å². The molecule has 0 fully saturated rings. The Morgan fingerprint density at radius 2 is 2.17 bits per heavy atom. The smallest absolute Gasteiger partial charge is 0.338 e. The summed E-state index contributed by atoms with van der Waals surface area (Å²) in [6.07, 6.45) is 3.79. The number of hydrogen-bond acceptors (Lipinski definition) is 4. The molecule has 1 aromatic carbocycles. The van der Waals surface area contributed by atoms with Gasteiger partial charge < -0.3 is 4.74 Å². The summed E-state index contributed by atoms with van der Waals surface area (Å²) in [5.74, 6) is 0.324. The Balaban J connectivity index is 2.64. The number of hydrogen-bond donors (Lipinski definition) is 0. The number of carbonyl (C=O) groups excluding carboxylic acids is 2. The van der Waals surface area contributed by atoms with Gasteiger partial charge in [-0.1, -0.05) is 36.0 Å². The minimum atomic E-state index is -0.314. The third kappa shape index (κ3) is 5.19. The maximum atomic E-state index is 11.5. The first kappa shape index (κ1) is 14.5. The maximum Gasteiger partial charge on any atom is 0.338 e. The highest BCUT2D eigenvalue weighted by atomic mass is 32.2. The Morgan fingerprint density at radius 1 is 1.39 bits per heavy atom. The monoisotopic (exact) mass is 264 g/mol. The van der Waals surface area contributed by atoms with E-state index in [-0.39, 0.29) is 11.1 Å². The molecule has 0 spiro atoms. The van der Waals surface area contributed by atoms with Gasteiger partial charge in [0.25, 0.3) is 0 Å². The molecule has 1 rings (SSSR count). The first-order valence-electron chi connectivity index (χ1n) is 5.70. The first-order valence-corrected chi connectivity index (χ1v) is 6.69. The molecule has 0 radical (unpaired) electrons. The van der Waals surface area contributed by atoms with Crippen LogP contribution >= 0.6 is 11.8 Å². The van der Waals surface area contributed by atoms with E-state index in [1.165, 1.54) is 11.8 Å². The molecule has 0 aliphatic rings. The number of rotatable bonds is 5. The Morgan fingerprint density at radius 3 is 2.83 bits per heavy atom. The van der Waals surface area contributed by atoms with Gasteiger partial charge in [0.2, 0.25) is 0 Å². The fourth-order valence-corrected chi connectivity index (χ4v) is 1.76. The molecule has 4 heteroatoms. The van der Waals surface area contributed by atoms with Gasteiger partial charge in [0.1, 0.15) is 0 Å². The normalized spacial score (nSPS) is 10.6. The SMILES string of the molecule is CCOC(=O)c1cccc(C=CCSC(C)=O)c1. The van der Waals surface area contributed by atoms with Crippen molar-refractivity contribution < 1.29 is 14.3 Å². The number of esters is 1. The minimum absolute atomic E-state index is 0.0972.